The van der Waals surface area contributed by atoms with Gasteiger partial charge in [0, 0.05) is 11.2 Å². The Morgan fingerprint density at radius 1 is 0.750 bits per heavy atom. The van der Waals surface area contributed by atoms with E-state index in [0.29, 0.717) is 9.79 Å². The molecule has 0 atom stereocenters. The lowest BCUT2D eigenvalue weighted by Gasteiger charge is -2.10. The number of carboxylic acid groups (broad SMARTS) is 2. The van der Waals surface area contributed by atoms with Crippen molar-refractivity contribution in [2.75, 3.05) is 0 Å². The molecule has 2 N–H and O–H groups in total. The van der Waals surface area contributed by atoms with Gasteiger partial charge in [-0.05, 0) is 48.5 Å². The van der Waals surface area contributed by atoms with Crippen molar-refractivity contribution in [2.45, 2.75) is 9.79 Å². The highest BCUT2D eigenvalue weighted by Gasteiger charge is 2.16. The Labute approximate surface area is 117 Å². The standard InChI is InChI=1S/C14H10O5S/c15-13(16)9-1-5-11(6-2-9)20(19)12-7-3-10(4-8-12)14(17)18/h1-8H,(H,15,16)(H,17,18). The van der Waals surface area contributed by atoms with Gasteiger partial charge in [0.15, 0.2) is 9.79 Å². The van der Waals surface area contributed by atoms with Crippen LogP contribution in [0.15, 0.2) is 58.3 Å². The monoisotopic (exact) mass is 290 g/mol. The average Bonchev–Trinajstić information content (AvgIpc) is 2.46. The minimum absolute atomic E-state index is 0.118. The molecule has 0 heterocycles. The summed E-state index contributed by atoms with van der Waals surface area (Å²) >= 11 is -1.48. The topological polar surface area (TPSA) is 97.7 Å². The van der Waals surface area contributed by atoms with E-state index < -0.39 is 23.1 Å². The molecule has 0 aliphatic heterocycles. The number of hydrogen-bond acceptors (Lipinski definition) is 3. The fourth-order valence-electron chi connectivity index (χ4n) is 1.58. The van der Waals surface area contributed by atoms with Crippen LogP contribution in [-0.4, -0.2) is 26.7 Å². The van der Waals surface area contributed by atoms with E-state index in [1.54, 1.807) is 0 Å². The van der Waals surface area contributed by atoms with Crippen LogP contribution in [0.1, 0.15) is 20.7 Å². The Balaban J connectivity index is 2.24. The van der Waals surface area contributed by atoms with Gasteiger partial charge in [0.25, 0.3) is 0 Å². The first kappa shape index (κ1) is 14.1. The molecule has 0 aromatic heterocycles. The first-order valence-electron chi connectivity index (χ1n) is 5.57. The largest absolute Gasteiger partial charge is 0.606 e. The predicted octanol–water partition coefficient (Wildman–Crippen LogP) is 2.25. The van der Waals surface area contributed by atoms with E-state index in [1.807, 2.05) is 0 Å². The van der Waals surface area contributed by atoms with Crippen molar-refractivity contribution >= 4 is 23.1 Å². The molecule has 0 bridgehead atoms. The second-order valence-corrected chi connectivity index (χ2v) is 5.41. The maximum Gasteiger partial charge on any atom is 0.335 e. The first-order chi connectivity index (χ1) is 9.49. The van der Waals surface area contributed by atoms with Crippen LogP contribution in [0, 0.1) is 0 Å². The average molecular weight is 290 g/mol. The van der Waals surface area contributed by atoms with E-state index in [1.165, 1.54) is 48.5 Å². The van der Waals surface area contributed by atoms with Crippen molar-refractivity contribution in [1.82, 2.24) is 0 Å². The summed E-state index contributed by atoms with van der Waals surface area (Å²) in [6, 6.07) is 11.4. The van der Waals surface area contributed by atoms with Gasteiger partial charge in [-0.3, -0.25) is 0 Å². The lowest BCUT2D eigenvalue weighted by atomic mass is 10.2. The summed E-state index contributed by atoms with van der Waals surface area (Å²) in [7, 11) is 0. The van der Waals surface area contributed by atoms with E-state index in [2.05, 4.69) is 0 Å². The molecule has 0 spiro atoms. The van der Waals surface area contributed by atoms with Crippen LogP contribution < -0.4 is 0 Å². The molecule has 0 amide bonds. The second-order valence-electron chi connectivity index (χ2n) is 3.93. The van der Waals surface area contributed by atoms with Gasteiger partial charge in [-0.15, -0.1) is 0 Å². The fourth-order valence-corrected chi connectivity index (χ4v) is 2.62. The van der Waals surface area contributed by atoms with Crippen LogP contribution in [0.4, 0.5) is 0 Å². The smallest absolute Gasteiger partial charge is 0.335 e. The minimum Gasteiger partial charge on any atom is -0.606 e. The summed E-state index contributed by atoms with van der Waals surface area (Å²) in [5, 5.41) is 17.6. The van der Waals surface area contributed by atoms with E-state index in [9.17, 15) is 14.1 Å². The highest BCUT2D eigenvalue weighted by molar-refractivity contribution is 7.91. The molecule has 5 nitrogen and oxygen atoms in total. The van der Waals surface area contributed by atoms with Crippen LogP contribution in [0.5, 0.6) is 0 Å². The Morgan fingerprint density at radius 3 is 1.30 bits per heavy atom. The molecule has 2 aromatic rings. The molecule has 0 fully saturated rings. The zero-order chi connectivity index (χ0) is 14.7. The number of hydrogen-bond donors (Lipinski definition) is 2. The number of aromatic carboxylic acids is 2. The zero-order valence-electron chi connectivity index (χ0n) is 10.1. The molecule has 0 aliphatic carbocycles. The predicted molar refractivity (Wildman–Crippen MR) is 71.5 cm³/mol. The number of carboxylic acids is 2. The van der Waals surface area contributed by atoms with Crippen molar-refractivity contribution in [3.8, 4) is 0 Å². The van der Waals surface area contributed by atoms with Crippen LogP contribution >= 0.6 is 0 Å². The Morgan fingerprint density at radius 2 is 1.05 bits per heavy atom. The molecule has 20 heavy (non-hydrogen) atoms. The number of rotatable bonds is 4. The number of benzene rings is 2. The summed E-state index contributed by atoms with van der Waals surface area (Å²) in [5.74, 6) is -2.10. The molecule has 102 valence electrons. The van der Waals surface area contributed by atoms with E-state index in [-0.39, 0.29) is 11.1 Å². The molecule has 2 aromatic carbocycles. The third-order valence-electron chi connectivity index (χ3n) is 2.63. The zero-order valence-corrected chi connectivity index (χ0v) is 11.0. The summed E-state index contributed by atoms with van der Waals surface area (Å²) < 4.78 is 12.2. The summed E-state index contributed by atoms with van der Waals surface area (Å²) in [5.41, 5.74) is 0.235. The van der Waals surface area contributed by atoms with E-state index >= 15 is 0 Å². The van der Waals surface area contributed by atoms with Crippen LogP contribution in [-0.2, 0) is 11.2 Å². The third-order valence-corrected chi connectivity index (χ3v) is 4.03. The van der Waals surface area contributed by atoms with Gasteiger partial charge in [-0.2, -0.15) is 0 Å². The lowest BCUT2D eigenvalue weighted by Crippen LogP contribution is -2.04. The molecule has 6 heteroatoms. The summed E-state index contributed by atoms with van der Waals surface area (Å²) in [4.78, 5) is 22.4. The van der Waals surface area contributed by atoms with Gasteiger partial charge in [0.05, 0.1) is 11.1 Å². The van der Waals surface area contributed by atoms with E-state index in [4.69, 9.17) is 10.2 Å². The lowest BCUT2D eigenvalue weighted by molar-refractivity contribution is 0.0686. The van der Waals surface area contributed by atoms with Crippen LogP contribution in [0.25, 0.3) is 0 Å². The van der Waals surface area contributed by atoms with Gasteiger partial charge in [0.2, 0.25) is 0 Å². The van der Waals surface area contributed by atoms with Crippen LogP contribution in [0.2, 0.25) is 0 Å². The minimum atomic E-state index is -1.48. The molecule has 0 radical (unpaired) electrons. The van der Waals surface area contributed by atoms with Crippen molar-refractivity contribution in [1.29, 1.82) is 0 Å². The summed E-state index contributed by atoms with van der Waals surface area (Å²) in [6.45, 7) is 0. The molecule has 0 aliphatic rings. The van der Waals surface area contributed by atoms with Crippen molar-refractivity contribution in [2.24, 2.45) is 0 Å². The third kappa shape index (κ3) is 2.98. The van der Waals surface area contributed by atoms with Crippen molar-refractivity contribution in [3.05, 3.63) is 59.7 Å². The molecular formula is C14H10O5S. The first-order valence-corrected chi connectivity index (χ1v) is 6.72. The maximum atomic E-state index is 12.2. The molecule has 0 saturated carbocycles. The van der Waals surface area contributed by atoms with Crippen molar-refractivity contribution in [3.63, 3.8) is 0 Å². The quantitative estimate of drug-likeness (QED) is 0.842. The molecule has 0 saturated heterocycles. The molecule has 0 unspecified atom stereocenters. The van der Waals surface area contributed by atoms with Gasteiger partial charge >= 0.3 is 11.9 Å². The van der Waals surface area contributed by atoms with Gasteiger partial charge < -0.3 is 14.8 Å². The van der Waals surface area contributed by atoms with Gasteiger partial charge in [-0.25, -0.2) is 9.59 Å². The second kappa shape index (κ2) is 5.77. The fraction of sp³-hybridized carbons (Fsp3) is 0. The maximum absolute atomic E-state index is 12.2. The highest BCUT2D eigenvalue weighted by Crippen LogP contribution is 2.21. The Kier molecular flexibility index (Phi) is 4.07. The summed E-state index contributed by atoms with van der Waals surface area (Å²) in [6.07, 6.45) is 0. The molecular weight excluding hydrogens is 280 g/mol. The van der Waals surface area contributed by atoms with Gasteiger partial charge in [0.1, 0.15) is 0 Å². The van der Waals surface area contributed by atoms with Gasteiger partial charge in [-0.1, -0.05) is 0 Å². The van der Waals surface area contributed by atoms with E-state index in [0.717, 1.165) is 0 Å². The molecule has 2 rings (SSSR count). The highest BCUT2D eigenvalue weighted by atomic mass is 32.2. The van der Waals surface area contributed by atoms with Crippen LogP contribution in [0.3, 0.4) is 0 Å². The SMILES string of the molecule is O=C(O)c1ccc([S+]([O-])c2ccc(C(=O)O)cc2)cc1. The Hall–Kier alpha value is -2.31. The van der Waals surface area contributed by atoms with Crippen molar-refractivity contribution < 1.29 is 24.4 Å². The number of carbonyl (C=O) groups is 2. The Bertz CT molecular complexity index is 576. The normalized spacial score (nSPS) is 10.5.